The van der Waals surface area contributed by atoms with Gasteiger partial charge in [0.1, 0.15) is 0 Å². The van der Waals surface area contributed by atoms with Gasteiger partial charge in [0.05, 0.1) is 0 Å². The van der Waals surface area contributed by atoms with E-state index in [0.717, 1.165) is 22.7 Å². The molecule has 31 heavy (non-hydrogen) atoms. The second-order valence-corrected chi connectivity index (χ2v) is 7.33. The van der Waals surface area contributed by atoms with Crippen molar-refractivity contribution < 1.29 is 19.4 Å². The van der Waals surface area contributed by atoms with Gasteiger partial charge in [-0.25, -0.2) is 4.79 Å². The fourth-order valence-corrected chi connectivity index (χ4v) is 3.48. The third kappa shape index (κ3) is 4.52. The number of esters is 1. The van der Waals surface area contributed by atoms with E-state index in [4.69, 9.17) is 16.3 Å². The number of allylic oxidation sites excluding steroid dienone is 1. The van der Waals surface area contributed by atoms with E-state index in [0.29, 0.717) is 16.0 Å². The Bertz CT molecular complexity index is 1220. The third-order valence-electron chi connectivity index (χ3n) is 4.82. The van der Waals surface area contributed by atoms with Crippen molar-refractivity contribution in [2.75, 3.05) is 0 Å². The van der Waals surface area contributed by atoms with Crippen LogP contribution in [0.15, 0.2) is 96.9 Å². The Morgan fingerprint density at radius 1 is 0.935 bits per heavy atom. The number of benzene rings is 3. The first-order valence-electron chi connectivity index (χ1n) is 9.55. The van der Waals surface area contributed by atoms with Crippen LogP contribution in [-0.4, -0.2) is 21.8 Å². The summed E-state index contributed by atoms with van der Waals surface area (Å²) in [6.07, 6.45) is 1.64. The highest BCUT2D eigenvalue weighted by Gasteiger charge is 2.22. The van der Waals surface area contributed by atoms with Crippen molar-refractivity contribution in [1.29, 1.82) is 0 Å². The molecule has 0 radical (unpaired) electrons. The number of hydrogen-bond acceptors (Lipinski definition) is 4. The van der Waals surface area contributed by atoms with Crippen LogP contribution in [0, 0.1) is 0 Å². The van der Waals surface area contributed by atoms with Crippen LogP contribution in [0.25, 0.3) is 10.9 Å². The van der Waals surface area contributed by atoms with Crippen LogP contribution >= 0.6 is 11.6 Å². The summed E-state index contributed by atoms with van der Waals surface area (Å²) < 4.78 is 5.57. The molecule has 1 heterocycles. The van der Waals surface area contributed by atoms with Gasteiger partial charge in [0.15, 0.2) is 11.9 Å². The van der Waals surface area contributed by atoms with E-state index < -0.39 is 23.6 Å². The number of hydrogen-bond donors (Lipinski definition) is 2. The van der Waals surface area contributed by atoms with E-state index in [9.17, 15) is 14.7 Å². The molecule has 0 unspecified atom stereocenters. The number of halogens is 1. The van der Waals surface area contributed by atoms with Crippen LogP contribution in [-0.2, 0) is 9.53 Å². The molecule has 0 saturated carbocycles. The van der Waals surface area contributed by atoms with E-state index in [1.54, 1.807) is 18.2 Å². The zero-order valence-corrected chi connectivity index (χ0v) is 17.0. The molecule has 0 amide bonds. The minimum absolute atomic E-state index is 0.291. The molecule has 3 aromatic carbocycles. The summed E-state index contributed by atoms with van der Waals surface area (Å²) in [7, 11) is 0. The van der Waals surface area contributed by atoms with Gasteiger partial charge < -0.3 is 14.8 Å². The van der Waals surface area contributed by atoms with E-state index in [1.165, 1.54) is 6.20 Å². The number of ether oxygens (including phenoxy) is 1. The van der Waals surface area contributed by atoms with Crippen molar-refractivity contribution in [1.82, 2.24) is 4.98 Å². The molecule has 4 rings (SSSR count). The molecule has 154 valence electrons. The molecule has 2 N–H and O–H groups in total. The first-order chi connectivity index (χ1) is 15.0. The van der Waals surface area contributed by atoms with Crippen LogP contribution in [0.3, 0.4) is 0 Å². The van der Waals surface area contributed by atoms with E-state index in [2.05, 4.69) is 4.98 Å². The van der Waals surface area contributed by atoms with Crippen LogP contribution in [0.1, 0.15) is 27.6 Å². The molecule has 0 aliphatic carbocycles. The molecule has 0 aliphatic rings. The highest BCUT2D eigenvalue weighted by atomic mass is 35.5. The Morgan fingerprint density at radius 3 is 2.16 bits per heavy atom. The quantitative estimate of drug-likeness (QED) is 0.175. The first kappa shape index (κ1) is 20.4. The van der Waals surface area contributed by atoms with Crippen LogP contribution in [0.5, 0.6) is 0 Å². The lowest BCUT2D eigenvalue weighted by Crippen LogP contribution is -2.15. The number of aromatic nitrogens is 1. The van der Waals surface area contributed by atoms with Crippen molar-refractivity contribution in [3.05, 3.63) is 119 Å². The van der Waals surface area contributed by atoms with Crippen molar-refractivity contribution >= 4 is 34.3 Å². The van der Waals surface area contributed by atoms with Gasteiger partial charge in [-0.1, -0.05) is 72.3 Å². The fraction of sp³-hybridized carbons (Fsp3) is 0.0400. The van der Waals surface area contributed by atoms with Gasteiger partial charge in [0, 0.05) is 33.8 Å². The summed E-state index contributed by atoms with van der Waals surface area (Å²) in [4.78, 5) is 28.2. The highest BCUT2D eigenvalue weighted by Crippen LogP contribution is 2.27. The van der Waals surface area contributed by atoms with E-state index in [1.807, 2.05) is 60.7 Å². The number of nitrogens with one attached hydrogen (secondary N) is 1. The fourth-order valence-electron chi connectivity index (χ4n) is 3.31. The van der Waals surface area contributed by atoms with Gasteiger partial charge >= 0.3 is 5.97 Å². The van der Waals surface area contributed by atoms with E-state index in [-0.39, 0.29) is 0 Å². The standard InChI is InChI=1S/C25H18ClNO4/c26-18-11-12-21-19(13-18)20(15-27-21)22(28)14-23(29)25(30)31-24(16-7-3-1-4-8-16)17-9-5-2-6-10-17/h1-15,24,27,29H/b23-14-. The second kappa shape index (κ2) is 8.90. The molecule has 1 aromatic heterocycles. The summed E-state index contributed by atoms with van der Waals surface area (Å²) >= 11 is 6.02. The maximum Gasteiger partial charge on any atom is 0.374 e. The lowest BCUT2D eigenvalue weighted by molar-refractivity contribution is -0.145. The molecule has 0 saturated heterocycles. The lowest BCUT2D eigenvalue weighted by Gasteiger charge is -2.18. The predicted octanol–water partition coefficient (Wildman–Crippen LogP) is 5.78. The smallest absolute Gasteiger partial charge is 0.374 e. The van der Waals surface area contributed by atoms with Crippen molar-refractivity contribution in [3.8, 4) is 0 Å². The maximum absolute atomic E-state index is 12.7. The van der Waals surface area contributed by atoms with Crippen LogP contribution in [0.2, 0.25) is 5.02 Å². The monoisotopic (exact) mass is 431 g/mol. The summed E-state index contributed by atoms with van der Waals surface area (Å²) in [6, 6.07) is 23.4. The lowest BCUT2D eigenvalue weighted by atomic mass is 10.0. The minimum atomic E-state index is -0.996. The van der Waals surface area contributed by atoms with Crippen LogP contribution < -0.4 is 0 Å². The average Bonchev–Trinajstić information content (AvgIpc) is 3.21. The molecule has 0 atom stereocenters. The number of rotatable bonds is 6. The number of carbonyl (C=O) groups is 2. The molecule has 0 bridgehead atoms. The largest absolute Gasteiger partial charge is 0.502 e. The normalized spacial score (nSPS) is 11.6. The van der Waals surface area contributed by atoms with Gasteiger partial charge in [-0.15, -0.1) is 0 Å². The molecule has 4 aromatic rings. The van der Waals surface area contributed by atoms with Gasteiger partial charge in [0.25, 0.3) is 0 Å². The number of fused-ring (bicyclic) bond motifs is 1. The molecule has 0 fully saturated rings. The summed E-state index contributed by atoms with van der Waals surface area (Å²) in [6.45, 7) is 0. The number of carbonyl (C=O) groups excluding carboxylic acids is 2. The van der Waals surface area contributed by atoms with Crippen molar-refractivity contribution in [2.45, 2.75) is 6.10 Å². The summed E-state index contributed by atoms with van der Waals surface area (Å²) in [5, 5.41) is 11.4. The summed E-state index contributed by atoms with van der Waals surface area (Å²) in [5.41, 5.74) is 2.50. The highest BCUT2D eigenvalue weighted by molar-refractivity contribution is 6.31. The van der Waals surface area contributed by atoms with Gasteiger partial charge in [0.2, 0.25) is 5.76 Å². The Labute approximate surface area is 183 Å². The maximum atomic E-state index is 12.7. The zero-order chi connectivity index (χ0) is 21.8. The SMILES string of the molecule is O=C(OC(c1ccccc1)c1ccccc1)/C(O)=C/C(=O)c1c[nH]c2ccc(Cl)cc12. The third-order valence-corrected chi connectivity index (χ3v) is 5.05. The van der Waals surface area contributed by atoms with E-state index >= 15 is 0 Å². The van der Waals surface area contributed by atoms with Crippen molar-refractivity contribution in [2.24, 2.45) is 0 Å². The molecule has 0 aliphatic heterocycles. The first-order valence-corrected chi connectivity index (χ1v) is 9.93. The number of aliphatic hydroxyl groups excluding tert-OH is 1. The summed E-state index contributed by atoms with van der Waals surface area (Å²) in [5.74, 6) is -2.32. The van der Waals surface area contributed by atoms with Gasteiger partial charge in [-0.3, -0.25) is 4.79 Å². The molecule has 6 heteroatoms. The van der Waals surface area contributed by atoms with Gasteiger partial charge in [-0.2, -0.15) is 0 Å². The molecular formula is C25H18ClNO4. The van der Waals surface area contributed by atoms with Crippen LogP contribution in [0.4, 0.5) is 0 Å². The Morgan fingerprint density at radius 2 is 1.55 bits per heavy atom. The predicted molar refractivity (Wildman–Crippen MR) is 119 cm³/mol. The Hall–Kier alpha value is -3.83. The average molecular weight is 432 g/mol. The van der Waals surface area contributed by atoms with Crippen molar-refractivity contribution in [3.63, 3.8) is 0 Å². The molecule has 0 spiro atoms. The second-order valence-electron chi connectivity index (χ2n) is 6.89. The molecule has 5 nitrogen and oxygen atoms in total. The number of H-pyrrole nitrogens is 1. The Kier molecular flexibility index (Phi) is 5.87. The topological polar surface area (TPSA) is 79.4 Å². The number of ketones is 1. The molecular weight excluding hydrogens is 414 g/mol. The number of aliphatic hydroxyl groups is 1. The van der Waals surface area contributed by atoms with Gasteiger partial charge in [-0.05, 0) is 29.3 Å². The minimum Gasteiger partial charge on any atom is -0.502 e. The number of aromatic amines is 1. The Balaban J connectivity index is 1.59. The zero-order valence-electron chi connectivity index (χ0n) is 16.3.